The molecule has 0 aliphatic rings. The van der Waals surface area contributed by atoms with Gasteiger partial charge in [0.05, 0.1) is 16.6 Å². The van der Waals surface area contributed by atoms with Crippen LogP contribution in [0.2, 0.25) is 5.02 Å². The number of imidazole rings is 1. The van der Waals surface area contributed by atoms with Crippen LogP contribution in [0.25, 0.3) is 16.7 Å². The van der Waals surface area contributed by atoms with Crippen LogP contribution in [-0.2, 0) is 0 Å². The number of hydrogen-bond acceptors (Lipinski definition) is 2. The van der Waals surface area contributed by atoms with Gasteiger partial charge in [0.1, 0.15) is 6.33 Å². The van der Waals surface area contributed by atoms with Gasteiger partial charge in [0, 0.05) is 10.7 Å². The predicted molar refractivity (Wildman–Crippen MR) is 77.8 cm³/mol. The van der Waals surface area contributed by atoms with Crippen LogP contribution < -0.4 is 0 Å². The van der Waals surface area contributed by atoms with Crippen LogP contribution in [0.15, 0.2) is 42.7 Å². The number of carboxylic acids is 1. The van der Waals surface area contributed by atoms with Crippen molar-refractivity contribution in [3.05, 3.63) is 58.9 Å². The van der Waals surface area contributed by atoms with E-state index in [1.807, 2.05) is 29.7 Å². The van der Waals surface area contributed by atoms with Gasteiger partial charge in [0.25, 0.3) is 0 Å². The Kier molecular flexibility index (Phi) is 2.95. The number of nitrogens with zero attached hydrogens (tertiary/aromatic N) is 2. The molecule has 0 bridgehead atoms. The molecular formula is C15H11ClN2O2. The second kappa shape index (κ2) is 4.65. The molecule has 0 atom stereocenters. The van der Waals surface area contributed by atoms with Crippen LogP contribution in [0.5, 0.6) is 0 Å². The molecule has 2 aromatic carbocycles. The molecule has 0 spiro atoms. The zero-order valence-electron chi connectivity index (χ0n) is 10.7. The van der Waals surface area contributed by atoms with Gasteiger partial charge in [0.15, 0.2) is 0 Å². The van der Waals surface area contributed by atoms with Crippen molar-refractivity contribution in [1.29, 1.82) is 0 Å². The van der Waals surface area contributed by atoms with E-state index < -0.39 is 5.97 Å². The molecule has 1 N–H and O–H groups in total. The smallest absolute Gasteiger partial charge is 0.335 e. The Labute approximate surface area is 120 Å². The average molecular weight is 287 g/mol. The van der Waals surface area contributed by atoms with Crippen molar-refractivity contribution in [2.24, 2.45) is 0 Å². The van der Waals surface area contributed by atoms with E-state index in [4.69, 9.17) is 16.7 Å². The maximum atomic E-state index is 11.0. The van der Waals surface area contributed by atoms with Crippen molar-refractivity contribution in [3.63, 3.8) is 0 Å². The highest BCUT2D eigenvalue weighted by atomic mass is 35.5. The molecule has 1 heterocycles. The van der Waals surface area contributed by atoms with Gasteiger partial charge in [-0.3, -0.25) is 4.57 Å². The molecule has 3 aromatic rings. The second-order valence-corrected chi connectivity index (χ2v) is 4.96. The normalized spacial score (nSPS) is 10.9. The molecule has 0 amide bonds. The number of benzene rings is 2. The lowest BCUT2D eigenvalue weighted by molar-refractivity contribution is 0.0697. The van der Waals surface area contributed by atoms with Gasteiger partial charge in [-0.15, -0.1) is 0 Å². The fourth-order valence-corrected chi connectivity index (χ4v) is 2.26. The summed E-state index contributed by atoms with van der Waals surface area (Å²) in [4.78, 5) is 15.2. The van der Waals surface area contributed by atoms with E-state index in [1.165, 1.54) is 0 Å². The minimum atomic E-state index is -0.958. The Morgan fingerprint density at radius 1 is 1.25 bits per heavy atom. The van der Waals surface area contributed by atoms with Gasteiger partial charge >= 0.3 is 5.97 Å². The monoisotopic (exact) mass is 286 g/mol. The molecule has 0 fully saturated rings. The van der Waals surface area contributed by atoms with E-state index in [-0.39, 0.29) is 5.56 Å². The summed E-state index contributed by atoms with van der Waals surface area (Å²) in [6.45, 7) is 1.94. The molecule has 1 aromatic heterocycles. The minimum absolute atomic E-state index is 0.227. The molecule has 0 aliphatic heterocycles. The number of aromatic nitrogens is 2. The highest BCUT2D eigenvalue weighted by Crippen LogP contribution is 2.23. The van der Waals surface area contributed by atoms with Crippen molar-refractivity contribution in [2.75, 3.05) is 0 Å². The summed E-state index contributed by atoms with van der Waals surface area (Å²) < 4.78 is 1.88. The number of carbonyl (C=O) groups is 1. The highest BCUT2D eigenvalue weighted by Gasteiger charge is 2.09. The number of carboxylic acid groups (broad SMARTS) is 1. The standard InChI is InChI=1S/C15H11ClN2O2/c1-9-2-4-11(7-12(9)16)18-8-17-13-6-10(15(19)20)3-5-14(13)18/h2-8H,1H3,(H,19,20). The zero-order chi connectivity index (χ0) is 14.3. The summed E-state index contributed by atoms with van der Waals surface area (Å²) in [5.74, 6) is -0.958. The van der Waals surface area contributed by atoms with Gasteiger partial charge < -0.3 is 5.11 Å². The minimum Gasteiger partial charge on any atom is -0.478 e. The number of halogens is 1. The topological polar surface area (TPSA) is 55.1 Å². The predicted octanol–water partition coefficient (Wildman–Crippen LogP) is 3.69. The lowest BCUT2D eigenvalue weighted by Gasteiger charge is -2.06. The molecule has 3 rings (SSSR count). The summed E-state index contributed by atoms with van der Waals surface area (Å²) >= 11 is 6.14. The highest BCUT2D eigenvalue weighted by molar-refractivity contribution is 6.31. The maximum Gasteiger partial charge on any atom is 0.335 e. The summed E-state index contributed by atoms with van der Waals surface area (Å²) in [5, 5.41) is 9.67. The van der Waals surface area contributed by atoms with Crippen molar-refractivity contribution in [2.45, 2.75) is 6.92 Å². The first-order valence-electron chi connectivity index (χ1n) is 6.03. The van der Waals surface area contributed by atoms with Gasteiger partial charge in [-0.2, -0.15) is 0 Å². The lowest BCUT2D eigenvalue weighted by atomic mass is 10.2. The lowest BCUT2D eigenvalue weighted by Crippen LogP contribution is -1.96. The van der Waals surface area contributed by atoms with E-state index in [2.05, 4.69) is 4.98 Å². The molecule has 0 radical (unpaired) electrons. The molecule has 5 heteroatoms. The molecule has 0 saturated heterocycles. The van der Waals surface area contributed by atoms with Crippen molar-refractivity contribution < 1.29 is 9.90 Å². The van der Waals surface area contributed by atoms with E-state index in [1.54, 1.807) is 24.5 Å². The molecule has 0 saturated carbocycles. The molecule has 4 nitrogen and oxygen atoms in total. The fraction of sp³-hybridized carbons (Fsp3) is 0.0667. The van der Waals surface area contributed by atoms with Crippen LogP contribution in [-0.4, -0.2) is 20.6 Å². The number of aromatic carboxylic acids is 1. The Morgan fingerprint density at radius 2 is 2.05 bits per heavy atom. The number of rotatable bonds is 2. The third kappa shape index (κ3) is 2.04. The summed E-state index contributed by atoms with van der Waals surface area (Å²) in [6, 6.07) is 10.6. The number of hydrogen-bond donors (Lipinski definition) is 1. The van der Waals surface area contributed by atoms with Gasteiger partial charge in [-0.25, -0.2) is 9.78 Å². The maximum absolute atomic E-state index is 11.0. The summed E-state index contributed by atoms with van der Waals surface area (Å²) in [7, 11) is 0. The zero-order valence-corrected chi connectivity index (χ0v) is 11.4. The van der Waals surface area contributed by atoms with Gasteiger partial charge in [0.2, 0.25) is 0 Å². The van der Waals surface area contributed by atoms with E-state index >= 15 is 0 Å². The first-order chi connectivity index (χ1) is 9.56. The summed E-state index contributed by atoms with van der Waals surface area (Å²) in [6.07, 6.45) is 1.66. The van der Waals surface area contributed by atoms with Crippen LogP contribution in [0.3, 0.4) is 0 Å². The van der Waals surface area contributed by atoms with E-state index in [9.17, 15) is 4.79 Å². The summed E-state index contributed by atoms with van der Waals surface area (Å²) in [5.41, 5.74) is 3.61. The SMILES string of the molecule is Cc1ccc(-n2cnc3cc(C(=O)O)ccc32)cc1Cl. The largest absolute Gasteiger partial charge is 0.478 e. The fourth-order valence-electron chi connectivity index (χ4n) is 2.08. The van der Waals surface area contributed by atoms with Crippen molar-refractivity contribution in [1.82, 2.24) is 9.55 Å². The van der Waals surface area contributed by atoms with Gasteiger partial charge in [-0.1, -0.05) is 17.7 Å². The van der Waals surface area contributed by atoms with Crippen molar-refractivity contribution in [3.8, 4) is 5.69 Å². The molecular weight excluding hydrogens is 276 g/mol. The average Bonchev–Trinajstić information content (AvgIpc) is 2.84. The Bertz CT molecular complexity index is 824. The Morgan fingerprint density at radius 3 is 2.75 bits per heavy atom. The molecule has 0 unspecified atom stereocenters. The Hall–Kier alpha value is -2.33. The first-order valence-corrected chi connectivity index (χ1v) is 6.41. The van der Waals surface area contributed by atoms with Crippen molar-refractivity contribution >= 4 is 28.6 Å². The Balaban J connectivity index is 2.17. The van der Waals surface area contributed by atoms with Crippen LogP contribution in [0, 0.1) is 6.92 Å². The van der Waals surface area contributed by atoms with Crippen LogP contribution in [0.4, 0.5) is 0 Å². The third-order valence-corrected chi connectivity index (χ3v) is 3.63. The quantitative estimate of drug-likeness (QED) is 0.782. The molecule has 0 aliphatic carbocycles. The number of aryl methyl sites for hydroxylation is 1. The van der Waals surface area contributed by atoms with E-state index in [0.29, 0.717) is 10.5 Å². The third-order valence-electron chi connectivity index (χ3n) is 3.23. The number of fused-ring (bicyclic) bond motifs is 1. The first kappa shape index (κ1) is 12.7. The molecule has 100 valence electrons. The van der Waals surface area contributed by atoms with Gasteiger partial charge in [-0.05, 0) is 42.8 Å². The van der Waals surface area contributed by atoms with Crippen LogP contribution >= 0.6 is 11.6 Å². The van der Waals surface area contributed by atoms with Crippen LogP contribution in [0.1, 0.15) is 15.9 Å². The second-order valence-electron chi connectivity index (χ2n) is 4.56. The van der Waals surface area contributed by atoms with E-state index in [0.717, 1.165) is 16.8 Å². The molecule has 20 heavy (non-hydrogen) atoms.